The molecule has 23 heavy (non-hydrogen) atoms. The second kappa shape index (κ2) is 6.64. The van der Waals surface area contributed by atoms with Crippen LogP contribution in [0.4, 0.5) is 4.39 Å². The zero-order valence-electron chi connectivity index (χ0n) is 13.5. The van der Waals surface area contributed by atoms with Gasteiger partial charge in [-0.25, -0.2) is 9.18 Å². The van der Waals surface area contributed by atoms with E-state index < -0.39 is 11.8 Å². The highest BCUT2D eigenvalue weighted by Gasteiger charge is 2.20. The molecule has 2 aromatic rings. The summed E-state index contributed by atoms with van der Waals surface area (Å²) < 4.78 is 23.6. The molecule has 0 spiro atoms. The maximum Gasteiger partial charge on any atom is 0.355 e. The van der Waals surface area contributed by atoms with E-state index >= 15 is 0 Å². The highest BCUT2D eigenvalue weighted by molar-refractivity contribution is 6.01. The zero-order chi connectivity index (χ0) is 17.1. The molecular weight excluding hydrogens is 301 g/mol. The van der Waals surface area contributed by atoms with Crippen LogP contribution >= 0.6 is 0 Å². The lowest BCUT2D eigenvalue weighted by Crippen LogP contribution is -2.08. The first-order valence-electron chi connectivity index (χ1n) is 7.04. The molecule has 5 nitrogen and oxygen atoms in total. The molecule has 0 aliphatic carbocycles. The number of carbonyl (C=O) groups is 2. The van der Waals surface area contributed by atoms with Crippen LogP contribution < -0.4 is 4.74 Å². The second-order valence-electron chi connectivity index (χ2n) is 5.23. The number of hydrogen-bond donors (Lipinski definition) is 1. The fourth-order valence-corrected chi connectivity index (χ4v) is 2.50. The molecule has 0 bridgehead atoms. The van der Waals surface area contributed by atoms with Crippen molar-refractivity contribution in [2.24, 2.45) is 0 Å². The van der Waals surface area contributed by atoms with E-state index in [1.807, 2.05) is 0 Å². The lowest BCUT2D eigenvalue weighted by Gasteiger charge is -2.07. The number of ether oxygens (including phenoxy) is 2. The van der Waals surface area contributed by atoms with E-state index in [2.05, 4.69) is 4.98 Å². The fourth-order valence-electron chi connectivity index (χ4n) is 2.50. The average Bonchev–Trinajstić information content (AvgIpc) is 2.80. The summed E-state index contributed by atoms with van der Waals surface area (Å²) in [4.78, 5) is 26.6. The second-order valence-corrected chi connectivity index (χ2v) is 5.23. The van der Waals surface area contributed by atoms with Crippen molar-refractivity contribution in [1.82, 2.24) is 4.98 Å². The largest absolute Gasteiger partial charge is 0.494 e. The Morgan fingerprint density at radius 2 is 1.96 bits per heavy atom. The van der Waals surface area contributed by atoms with Crippen LogP contribution in [0.3, 0.4) is 0 Å². The molecule has 0 saturated carbocycles. The first kappa shape index (κ1) is 16.7. The van der Waals surface area contributed by atoms with Crippen molar-refractivity contribution in [1.29, 1.82) is 0 Å². The van der Waals surface area contributed by atoms with Gasteiger partial charge in [-0.1, -0.05) is 6.07 Å². The predicted octanol–water partition coefficient (Wildman–Crippen LogP) is 3.34. The minimum Gasteiger partial charge on any atom is -0.494 e. The van der Waals surface area contributed by atoms with E-state index in [4.69, 9.17) is 9.47 Å². The first-order valence-corrected chi connectivity index (χ1v) is 7.04. The number of benzene rings is 1. The van der Waals surface area contributed by atoms with Gasteiger partial charge in [-0.15, -0.1) is 0 Å². The normalized spacial score (nSPS) is 10.5. The number of H-pyrrole nitrogens is 1. The summed E-state index contributed by atoms with van der Waals surface area (Å²) in [5.74, 6) is -1.10. The van der Waals surface area contributed by atoms with Crippen molar-refractivity contribution < 1.29 is 23.5 Å². The third kappa shape index (κ3) is 3.41. The number of ketones is 1. The van der Waals surface area contributed by atoms with E-state index in [0.29, 0.717) is 22.4 Å². The Hall–Kier alpha value is -2.63. The van der Waals surface area contributed by atoms with Crippen molar-refractivity contribution >= 4 is 11.8 Å². The molecule has 1 aromatic carbocycles. The van der Waals surface area contributed by atoms with Crippen LogP contribution in [-0.2, 0) is 11.3 Å². The van der Waals surface area contributed by atoms with Gasteiger partial charge in [0.15, 0.2) is 17.3 Å². The number of rotatable bonds is 5. The van der Waals surface area contributed by atoms with Crippen LogP contribution in [0.2, 0.25) is 0 Å². The van der Waals surface area contributed by atoms with E-state index in [0.717, 1.165) is 0 Å². The number of nitrogens with one attached hydrogen (secondary N) is 1. The third-order valence-corrected chi connectivity index (χ3v) is 3.58. The number of aryl methyl sites for hydroxylation is 1. The molecule has 2 rings (SSSR count). The van der Waals surface area contributed by atoms with Crippen LogP contribution in [0, 0.1) is 19.7 Å². The van der Waals surface area contributed by atoms with Crippen molar-refractivity contribution in [2.45, 2.75) is 27.4 Å². The lowest BCUT2D eigenvalue weighted by molar-refractivity contribution is 0.0465. The number of aromatic nitrogens is 1. The quantitative estimate of drug-likeness (QED) is 0.678. The van der Waals surface area contributed by atoms with Gasteiger partial charge in [0, 0.05) is 11.3 Å². The number of carbonyl (C=O) groups excluding carboxylic acids is 2. The van der Waals surface area contributed by atoms with Crippen LogP contribution in [0.5, 0.6) is 5.75 Å². The van der Waals surface area contributed by atoms with Gasteiger partial charge in [0.2, 0.25) is 0 Å². The summed E-state index contributed by atoms with van der Waals surface area (Å²) in [5, 5.41) is 0. The van der Waals surface area contributed by atoms with Gasteiger partial charge >= 0.3 is 5.97 Å². The van der Waals surface area contributed by atoms with E-state index in [1.165, 1.54) is 26.2 Å². The topological polar surface area (TPSA) is 68.4 Å². The Morgan fingerprint density at radius 1 is 1.26 bits per heavy atom. The molecule has 0 atom stereocenters. The molecule has 0 radical (unpaired) electrons. The highest BCUT2D eigenvalue weighted by atomic mass is 19.1. The van der Waals surface area contributed by atoms with E-state index in [9.17, 15) is 14.0 Å². The molecule has 1 heterocycles. The van der Waals surface area contributed by atoms with Gasteiger partial charge in [0.1, 0.15) is 12.3 Å². The fraction of sp³-hybridized carbons (Fsp3) is 0.294. The Labute approximate surface area is 133 Å². The minimum atomic E-state index is -0.589. The van der Waals surface area contributed by atoms with Gasteiger partial charge in [-0.3, -0.25) is 4.79 Å². The van der Waals surface area contributed by atoms with Gasteiger partial charge in [0.25, 0.3) is 0 Å². The summed E-state index contributed by atoms with van der Waals surface area (Å²) in [7, 11) is 1.38. The van der Waals surface area contributed by atoms with Crippen LogP contribution in [0.1, 0.15) is 44.6 Å². The highest BCUT2D eigenvalue weighted by Crippen LogP contribution is 2.21. The molecule has 122 valence electrons. The SMILES string of the molecule is COc1ccc(COC(=O)c2[nH]c(C)c(C(C)=O)c2C)cc1F. The van der Waals surface area contributed by atoms with E-state index in [-0.39, 0.29) is 23.8 Å². The number of aromatic amines is 1. The summed E-state index contributed by atoms with van der Waals surface area (Å²) in [5.41, 5.74) is 2.41. The summed E-state index contributed by atoms with van der Waals surface area (Å²) in [6.45, 7) is 4.77. The molecule has 0 unspecified atom stereocenters. The maximum atomic E-state index is 13.6. The number of halogens is 1. The molecule has 0 amide bonds. The van der Waals surface area contributed by atoms with E-state index in [1.54, 1.807) is 19.9 Å². The number of methoxy groups -OCH3 is 1. The number of esters is 1. The van der Waals surface area contributed by atoms with Crippen LogP contribution in [0.15, 0.2) is 18.2 Å². The van der Waals surface area contributed by atoms with Crippen LogP contribution in [0.25, 0.3) is 0 Å². The molecule has 6 heteroatoms. The van der Waals surface area contributed by atoms with Crippen molar-refractivity contribution in [3.05, 3.63) is 52.1 Å². The summed E-state index contributed by atoms with van der Waals surface area (Å²) >= 11 is 0. The van der Waals surface area contributed by atoms with Crippen LogP contribution in [-0.4, -0.2) is 23.8 Å². The van der Waals surface area contributed by atoms with Gasteiger partial charge in [-0.2, -0.15) is 0 Å². The molecule has 1 aromatic heterocycles. The summed E-state index contributed by atoms with van der Waals surface area (Å²) in [6.07, 6.45) is 0. The average molecular weight is 319 g/mol. The Morgan fingerprint density at radius 3 is 2.48 bits per heavy atom. The molecule has 0 aliphatic heterocycles. The Kier molecular flexibility index (Phi) is 4.83. The third-order valence-electron chi connectivity index (χ3n) is 3.58. The first-order chi connectivity index (χ1) is 10.8. The smallest absolute Gasteiger partial charge is 0.355 e. The monoisotopic (exact) mass is 319 g/mol. The van der Waals surface area contributed by atoms with Crippen molar-refractivity contribution in [2.75, 3.05) is 7.11 Å². The molecular formula is C17H18FNO4. The summed E-state index contributed by atoms with van der Waals surface area (Å²) in [6, 6.07) is 4.33. The minimum absolute atomic E-state index is 0.0767. The Bertz CT molecular complexity index is 764. The van der Waals surface area contributed by atoms with Gasteiger partial charge in [-0.05, 0) is 44.0 Å². The van der Waals surface area contributed by atoms with Crippen molar-refractivity contribution in [3.8, 4) is 5.75 Å². The number of Topliss-reactive ketones (excluding diaryl/α,β-unsaturated/α-hetero) is 1. The van der Waals surface area contributed by atoms with Gasteiger partial charge < -0.3 is 14.5 Å². The number of hydrogen-bond acceptors (Lipinski definition) is 4. The van der Waals surface area contributed by atoms with Gasteiger partial charge in [0.05, 0.1) is 7.11 Å². The molecule has 0 fully saturated rings. The van der Waals surface area contributed by atoms with Crippen molar-refractivity contribution in [3.63, 3.8) is 0 Å². The molecule has 0 saturated heterocycles. The standard InChI is InChI=1S/C17H18FNO4/c1-9-15(11(3)20)10(2)19-16(9)17(21)23-8-12-5-6-14(22-4)13(18)7-12/h5-7,19H,8H2,1-4H3. The molecule has 1 N–H and O–H groups in total. The predicted molar refractivity (Wildman–Crippen MR) is 82.3 cm³/mol. The lowest BCUT2D eigenvalue weighted by atomic mass is 10.1. The zero-order valence-corrected chi connectivity index (χ0v) is 13.5. The molecule has 0 aliphatic rings. The maximum absolute atomic E-state index is 13.6. The Balaban J connectivity index is 2.13.